The second-order valence-corrected chi connectivity index (χ2v) is 7.09. The maximum Gasteiger partial charge on any atom is 0.0655 e. The molecule has 0 heterocycles. The van der Waals surface area contributed by atoms with Gasteiger partial charge in [0.2, 0.25) is 0 Å². The van der Waals surface area contributed by atoms with Crippen molar-refractivity contribution < 1.29 is 4.74 Å². The molecule has 0 spiro atoms. The van der Waals surface area contributed by atoms with Gasteiger partial charge in [-0.1, -0.05) is 40.5 Å². The van der Waals surface area contributed by atoms with E-state index in [1.54, 1.807) is 0 Å². The third kappa shape index (κ3) is 2.60. The van der Waals surface area contributed by atoms with Crippen LogP contribution in [0.4, 0.5) is 0 Å². The molecular formula is C16H31NO. The van der Waals surface area contributed by atoms with Gasteiger partial charge in [0.1, 0.15) is 0 Å². The zero-order valence-corrected chi connectivity index (χ0v) is 12.8. The molecule has 2 saturated carbocycles. The third-order valence-corrected chi connectivity index (χ3v) is 5.67. The first kappa shape index (κ1) is 14.3. The lowest BCUT2D eigenvalue weighted by atomic mass is 9.63. The summed E-state index contributed by atoms with van der Waals surface area (Å²) in [7, 11) is 0. The molecule has 2 rings (SSSR count). The van der Waals surface area contributed by atoms with E-state index in [4.69, 9.17) is 4.74 Å². The Morgan fingerprint density at radius 3 is 2.56 bits per heavy atom. The SMILES string of the molecule is CCOC1CC(NC2CCCC(C)C2C)C1(C)C. The molecule has 0 aliphatic heterocycles. The summed E-state index contributed by atoms with van der Waals surface area (Å²) in [5, 5.41) is 3.93. The first-order valence-electron chi connectivity index (χ1n) is 7.84. The fourth-order valence-corrected chi connectivity index (χ4v) is 3.73. The van der Waals surface area contributed by atoms with Crippen LogP contribution in [0.25, 0.3) is 0 Å². The third-order valence-electron chi connectivity index (χ3n) is 5.67. The lowest BCUT2D eigenvalue weighted by Crippen LogP contribution is -2.64. The van der Waals surface area contributed by atoms with Crippen LogP contribution in [0.2, 0.25) is 0 Å². The van der Waals surface area contributed by atoms with Crippen LogP contribution >= 0.6 is 0 Å². The molecule has 2 nitrogen and oxygen atoms in total. The standard InChI is InChI=1S/C16H31NO/c1-6-18-15-10-14(16(15,4)5)17-13-9-7-8-11(2)12(13)3/h11-15,17H,6-10H2,1-5H3. The van der Waals surface area contributed by atoms with Crippen LogP contribution in [-0.2, 0) is 4.74 Å². The Labute approximate surface area is 113 Å². The Hall–Kier alpha value is -0.0800. The van der Waals surface area contributed by atoms with Crippen molar-refractivity contribution in [2.45, 2.75) is 78.5 Å². The van der Waals surface area contributed by atoms with E-state index in [2.05, 4.69) is 39.9 Å². The lowest BCUT2D eigenvalue weighted by Gasteiger charge is -2.54. The molecule has 2 heteroatoms. The first-order chi connectivity index (χ1) is 8.46. The quantitative estimate of drug-likeness (QED) is 0.826. The first-order valence-corrected chi connectivity index (χ1v) is 7.84. The summed E-state index contributed by atoms with van der Waals surface area (Å²) >= 11 is 0. The van der Waals surface area contributed by atoms with Crippen molar-refractivity contribution >= 4 is 0 Å². The Morgan fingerprint density at radius 2 is 1.94 bits per heavy atom. The molecule has 5 unspecified atom stereocenters. The minimum Gasteiger partial charge on any atom is -0.378 e. The molecule has 0 aromatic carbocycles. The molecular weight excluding hydrogens is 222 g/mol. The zero-order valence-electron chi connectivity index (χ0n) is 12.8. The summed E-state index contributed by atoms with van der Waals surface area (Å²) in [4.78, 5) is 0. The maximum atomic E-state index is 5.82. The Balaban J connectivity index is 1.87. The fourth-order valence-electron chi connectivity index (χ4n) is 3.73. The number of hydrogen-bond acceptors (Lipinski definition) is 2. The van der Waals surface area contributed by atoms with E-state index in [1.165, 1.54) is 25.7 Å². The lowest BCUT2D eigenvalue weighted by molar-refractivity contribution is -0.119. The molecule has 1 N–H and O–H groups in total. The minimum absolute atomic E-state index is 0.302. The number of hydrogen-bond donors (Lipinski definition) is 1. The zero-order chi connectivity index (χ0) is 13.3. The van der Waals surface area contributed by atoms with Gasteiger partial charge in [0.15, 0.2) is 0 Å². The Morgan fingerprint density at radius 1 is 1.22 bits per heavy atom. The van der Waals surface area contributed by atoms with Crippen LogP contribution in [0.3, 0.4) is 0 Å². The predicted octanol–water partition coefficient (Wildman–Crippen LogP) is 3.60. The summed E-state index contributed by atoms with van der Waals surface area (Å²) < 4.78 is 5.82. The normalized spacial score (nSPS) is 43.5. The van der Waals surface area contributed by atoms with Crippen molar-refractivity contribution in [3.8, 4) is 0 Å². The molecule has 0 bridgehead atoms. The maximum absolute atomic E-state index is 5.82. The molecule has 2 aliphatic carbocycles. The molecule has 0 radical (unpaired) electrons. The van der Waals surface area contributed by atoms with Crippen molar-refractivity contribution in [1.82, 2.24) is 5.32 Å². The van der Waals surface area contributed by atoms with Crippen LogP contribution in [0.1, 0.15) is 60.3 Å². The van der Waals surface area contributed by atoms with Crippen LogP contribution in [-0.4, -0.2) is 24.8 Å². The second kappa shape index (κ2) is 5.50. The molecule has 5 atom stereocenters. The van der Waals surface area contributed by atoms with Crippen LogP contribution in [0.5, 0.6) is 0 Å². The van der Waals surface area contributed by atoms with E-state index < -0.39 is 0 Å². The molecule has 0 aromatic heterocycles. The molecule has 0 aromatic rings. The van der Waals surface area contributed by atoms with Crippen molar-refractivity contribution in [3.05, 3.63) is 0 Å². The highest BCUT2D eigenvalue weighted by Crippen LogP contribution is 2.44. The highest BCUT2D eigenvalue weighted by atomic mass is 16.5. The molecule has 2 aliphatic rings. The second-order valence-electron chi connectivity index (χ2n) is 7.09. The largest absolute Gasteiger partial charge is 0.378 e. The molecule has 2 fully saturated rings. The van der Waals surface area contributed by atoms with Crippen molar-refractivity contribution in [2.75, 3.05) is 6.61 Å². The minimum atomic E-state index is 0.302. The van der Waals surface area contributed by atoms with Gasteiger partial charge in [-0.3, -0.25) is 0 Å². The highest BCUT2D eigenvalue weighted by molar-refractivity contribution is 5.04. The Bertz CT molecular complexity index is 276. The average Bonchev–Trinajstić information content (AvgIpc) is 2.33. The van der Waals surface area contributed by atoms with Crippen LogP contribution < -0.4 is 5.32 Å². The smallest absolute Gasteiger partial charge is 0.0655 e. The number of rotatable bonds is 4. The van der Waals surface area contributed by atoms with Crippen molar-refractivity contribution in [1.29, 1.82) is 0 Å². The van der Waals surface area contributed by atoms with Gasteiger partial charge in [0.05, 0.1) is 6.10 Å². The van der Waals surface area contributed by atoms with Gasteiger partial charge in [-0.05, 0) is 31.6 Å². The van der Waals surface area contributed by atoms with E-state index in [0.29, 0.717) is 17.6 Å². The average molecular weight is 253 g/mol. The van der Waals surface area contributed by atoms with Gasteiger partial charge in [0.25, 0.3) is 0 Å². The summed E-state index contributed by atoms with van der Waals surface area (Å²) in [5.41, 5.74) is 0.302. The fraction of sp³-hybridized carbons (Fsp3) is 1.00. The van der Waals surface area contributed by atoms with Gasteiger partial charge in [-0.15, -0.1) is 0 Å². The van der Waals surface area contributed by atoms with Crippen LogP contribution in [0.15, 0.2) is 0 Å². The summed E-state index contributed by atoms with van der Waals surface area (Å²) in [6, 6.07) is 1.37. The van der Waals surface area contributed by atoms with Crippen molar-refractivity contribution in [3.63, 3.8) is 0 Å². The highest BCUT2D eigenvalue weighted by Gasteiger charge is 2.49. The van der Waals surface area contributed by atoms with Gasteiger partial charge in [0, 0.05) is 24.1 Å². The van der Waals surface area contributed by atoms with Crippen LogP contribution in [0, 0.1) is 17.3 Å². The van der Waals surface area contributed by atoms with E-state index in [0.717, 1.165) is 24.5 Å². The summed E-state index contributed by atoms with van der Waals surface area (Å²) in [6.07, 6.45) is 5.81. The van der Waals surface area contributed by atoms with Gasteiger partial charge in [-0.25, -0.2) is 0 Å². The molecule has 0 saturated heterocycles. The van der Waals surface area contributed by atoms with E-state index in [-0.39, 0.29) is 0 Å². The number of ether oxygens (including phenoxy) is 1. The van der Waals surface area contributed by atoms with E-state index in [9.17, 15) is 0 Å². The van der Waals surface area contributed by atoms with Gasteiger partial charge in [-0.2, -0.15) is 0 Å². The predicted molar refractivity (Wildman–Crippen MR) is 76.7 cm³/mol. The van der Waals surface area contributed by atoms with E-state index in [1.807, 2.05) is 0 Å². The monoisotopic (exact) mass is 253 g/mol. The summed E-state index contributed by atoms with van der Waals surface area (Å²) in [6.45, 7) is 12.5. The van der Waals surface area contributed by atoms with Crippen molar-refractivity contribution in [2.24, 2.45) is 17.3 Å². The van der Waals surface area contributed by atoms with E-state index >= 15 is 0 Å². The van der Waals surface area contributed by atoms with Gasteiger partial charge < -0.3 is 10.1 Å². The molecule has 0 amide bonds. The topological polar surface area (TPSA) is 21.3 Å². The Kier molecular flexibility index (Phi) is 4.38. The number of nitrogens with one attached hydrogen (secondary N) is 1. The molecule has 106 valence electrons. The van der Waals surface area contributed by atoms with Gasteiger partial charge >= 0.3 is 0 Å². The molecule has 18 heavy (non-hydrogen) atoms. The summed E-state index contributed by atoms with van der Waals surface area (Å²) in [5.74, 6) is 1.70.